The van der Waals surface area contributed by atoms with E-state index in [-0.39, 0.29) is 23.4 Å². The molecule has 1 fully saturated rings. The molecule has 0 amide bonds. The molecule has 0 aromatic carbocycles. The van der Waals surface area contributed by atoms with Gasteiger partial charge in [0.2, 0.25) is 0 Å². The third-order valence-electron chi connectivity index (χ3n) is 3.91. The number of thiazole rings is 1. The summed E-state index contributed by atoms with van der Waals surface area (Å²) in [5, 5.41) is 0.989. The maximum absolute atomic E-state index is 12.3. The normalized spacial score (nSPS) is 29.4. The second-order valence-corrected chi connectivity index (χ2v) is 7.85. The number of fused-ring (bicyclic) bond motifs is 1. The molecule has 2 atom stereocenters. The lowest BCUT2D eigenvalue weighted by Gasteiger charge is -2.35. The highest BCUT2D eigenvalue weighted by Crippen LogP contribution is 2.39. The van der Waals surface area contributed by atoms with E-state index in [0.29, 0.717) is 6.42 Å². The molecule has 0 spiro atoms. The number of morpholine rings is 1. The van der Waals surface area contributed by atoms with Gasteiger partial charge in [0.15, 0.2) is 10.9 Å². The highest BCUT2D eigenvalue weighted by molar-refractivity contribution is 7.17. The van der Waals surface area contributed by atoms with Crippen molar-refractivity contribution in [1.29, 1.82) is 0 Å². The van der Waals surface area contributed by atoms with E-state index in [4.69, 9.17) is 9.72 Å². The number of rotatable bonds is 1. The summed E-state index contributed by atoms with van der Waals surface area (Å²) in [7, 11) is 0. The summed E-state index contributed by atoms with van der Waals surface area (Å²) < 4.78 is 5.76. The van der Waals surface area contributed by atoms with E-state index in [2.05, 4.69) is 32.6 Å². The van der Waals surface area contributed by atoms with Crippen molar-refractivity contribution in [2.45, 2.75) is 52.7 Å². The van der Waals surface area contributed by atoms with Gasteiger partial charge in [-0.15, -0.1) is 0 Å². The van der Waals surface area contributed by atoms with Crippen LogP contribution < -0.4 is 4.90 Å². The molecule has 0 radical (unpaired) electrons. The van der Waals surface area contributed by atoms with Gasteiger partial charge in [-0.3, -0.25) is 4.79 Å². The summed E-state index contributed by atoms with van der Waals surface area (Å²) >= 11 is 1.56. The summed E-state index contributed by atoms with van der Waals surface area (Å²) in [6, 6.07) is 0. The standard InChI is InChI=1S/C15H22N2O2S/c1-9-7-17(8-10(2)19-9)14-16-11-5-15(3,4)6-12(18)13(11)20-14/h9-10H,5-8H2,1-4H3. The molecule has 0 bridgehead atoms. The van der Waals surface area contributed by atoms with Crippen LogP contribution in [0.4, 0.5) is 5.13 Å². The predicted octanol–water partition coefficient (Wildman–Crippen LogP) is 2.91. The fraction of sp³-hybridized carbons (Fsp3) is 0.733. The number of carbonyl (C=O) groups excluding carboxylic acids is 1. The number of nitrogens with zero attached hydrogens (tertiary/aromatic N) is 2. The first-order valence-electron chi connectivity index (χ1n) is 7.27. The number of ketones is 1. The summed E-state index contributed by atoms with van der Waals surface area (Å²) in [5.74, 6) is 0.259. The molecule has 5 heteroatoms. The topological polar surface area (TPSA) is 42.4 Å². The van der Waals surface area contributed by atoms with Gasteiger partial charge in [0, 0.05) is 19.5 Å². The van der Waals surface area contributed by atoms with Gasteiger partial charge >= 0.3 is 0 Å². The Morgan fingerprint density at radius 3 is 2.55 bits per heavy atom. The first-order valence-corrected chi connectivity index (χ1v) is 8.09. The van der Waals surface area contributed by atoms with Gasteiger partial charge in [0.1, 0.15) is 0 Å². The lowest BCUT2D eigenvalue weighted by Crippen LogP contribution is -2.45. The van der Waals surface area contributed by atoms with Crippen molar-refractivity contribution in [3.05, 3.63) is 10.6 Å². The maximum Gasteiger partial charge on any atom is 0.186 e. The fourth-order valence-electron chi connectivity index (χ4n) is 3.18. The van der Waals surface area contributed by atoms with Gasteiger partial charge in [-0.2, -0.15) is 0 Å². The molecule has 20 heavy (non-hydrogen) atoms. The van der Waals surface area contributed by atoms with Crippen molar-refractivity contribution >= 4 is 22.3 Å². The quantitative estimate of drug-likeness (QED) is 0.798. The molecule has 3 rings (SSSR count). The van der Waals surface area contributed by atoms with Crippen LogP contribution in [0, 0.1) is 5.41 Å². The molecular weight excluding hydrogens is 272 g/mol. The van der Waals surface area contributed by atoms with Crippen LogP contribution in [0.1, 0.15) is 49.5 Å². The van der Waals surface area contributed by atoms with Crippen LogP contribution in [0.5, 0.6) is 0 Å². The Labute approximate surface area is 124 Å². The first-order chi connectivity index (χ1) is 9.34. The third kappa shape index (κ3) is 2.61. The summed E-state index contributed by atoms with van der Waals surface area (Å²) in [5.41, 5.74) is 1.04. The van der Waals surface area contributed by atoms with Crippen LogP contribution in [0.3, 0.4) is 0 Å². The zero-order valence-corrected chi connectivity index (χ0v) is 13.4. The van der Waals surface area contributed by atoms with Gasteiger partial charge in [-0.25, -0.2) is 4.98 Å². The minimum absolute atomic E-state index is 0.0427. The van der Waals surface area contributed by atoms with E-state index in [9.17, 15) is 4.79 Å². The minimum atomic E-state index is 0.0427. The zero-order valence-electron chi connectivity index (χ0n) is 12.6. The number of anilines is 1. The van der Waals surface area contributed by atoms with Gasteiger partial charge in [0.25, 0.3) is 0 Å². The number of aromatic nitrogens is 1. The second-order valence-electron chi connectivity index (χ2n) is 6.88. The number of hydrogen-bond acceptors (Lipinski definition) is 5. The highest BCUT2D eigenvalue weighted by atomic mass is 32.1. The molecule has 1 saturated heterocycles. The average molecular weight is 294 g/mol. The van der Waals surface area contributed by atoms with Crippen molar-refractivity contribution in [1.82, 2.24) is 4.98 Å². The highest BCUT2D eigenvalue weighted by Gasteiger charge is 2.35. The zero-order chi connectivity index (χ0) is 14.5. The van der Waals surface area contributed by atoms with Gasteiger partial charge < -0.3 is 9.64 Å². The van der Waals surface area contributed by atoms with Gasteiger partial charge in [0.05, 0.1) is 22.8 Å². The number of carbonyl (C=O) groups is 1. The van der Waals surface area contributed by atoms with Crippen molar-refractivity contribution in [2.75, 3.05) is 18.0 Å². The number of Topliss-reactive ketones (excluding diaryl/α,β-unsaturated/α-hetero) is 1. The second kappa shape index (κ2) is 4.81. The Bertz CT molecular complexity index is 528. The number of ether oxygens (including phenoxy) is 1. The fourth-order valence-corrected chi connectivity index (χ4v) is 4.22. The molecular formula is C15H22N2O2S. The van der Waals surface area contributed by atoms with Crippen LogP contribution in [-0.2, 0) is 11.2 Å². The Hall–Kier alpha value is -0.940. The van der Waals surface area contributed by atoms with Crippen LogP contribution >= 0.6 is 11.3 Å². The average Bonchev–Trinajstić information content (AvgIpc) is 2.69. The van der Waals surface area contributed by atoms with Crippen LogP contribution in [0.15, 0.2) is 0 Å². The van der Waals surface area contributed by atoms with E-state index in [1.807, 2.05) is 0 Å². The molecule has 4 nitrogen and oxygen atoms in total. The molecule has 1 aromatic heterocycles. The van der Waals surface area contributed by atoms with E-state index in [1.54, 1.807) is 11.3 Å². The molecule has 1 aliphatic heterocycles. The molecule has 110 valence electrons. The Balaban J connectivity index is 1.88. The molecule has 1 aromatic rings. The molecule has 2 unspecified atom stereocenters. The molecule has 2 aliphatic rings. The van der Waals surface area contributed by atoms with E-state index in [1.165, 1.54) is 0 Å². The molecule has 0 saturated carbocycles. The molecule has 2 heterocycles. The van der Waals surface area contributed by atoms with Gasteiger partial charge in [-0.1, -0.05) is 25.2 Å². The predicted molar refractivity (Wildman–Crippen MR) is 80.8 cm³/mol. The first kappa shape index (κ1) is 14.0. The van der Waals surface area contributed by atoms with Crippen molar-refractivity contribution in [3.8, 4) is 0 Å². The molecule has 1 aliphatic carbocycles. The van der Waals surface area contributed by atoms with Crippen molar-refractivity contribution in [2.24, 2.45) is 5.41 Å². The van der Waals surface area contributed by atoms with Crippen LogP contribution in [0.25, 0.3) is 0 Å². The maximum atomic E-state index is 12.3. The third-order valence-corrected chi connectivity index (χ3v) is 5.11. The summed E-state index contributed by atoms with van der Waals surface area (Å²) in [6.07, 6.45) is 1.97. The SMILES string of the molecule is CC1CN(c2nc3c(s2)C(=O)CC(C)(C)C3)CC(C)O1. The Morgan fingerprint density at radius 1 is 1.25 bits per heavy atom. The number of hydrogen-bond donors (Lipinski definition) is 0. The lowest BCUT2D eigenvalue weighted by atomic mass is 9.78. The van der Waals surface area contributed by atoms with Crippen LogP contribution in [0.2, 0.25) is 0 Å². The van der Waals surface area contributed by atoms with E-state index in [0.717, 1.165) is 35.2 Å². The van der Waals surface area contributed by atoms with Crippen molar-refractivity contribution in [3.63, 3.8) is 0 Å². The van der Waals surface area contributed by atoms with Crippen molar-refractivity contribution < 1.29 is 9.53 Å². The van der Waals surface area contributed by atoms with E-state index < -0.39 is 0 Å². The summed E-state index contributed by atoms with van der Waals surface area (Å²) in [6.45, 7) is 10.2. The van der Waals surface area contributed by atoms with Crippen LogP contribution in [-0.4, -0.2) is 36.1 Å². The van der Waals surface area contributed by atoms with Gasteiger partial charge in [-0.05, 0) is 25.7 Å². The smallest absolute Gasteiger partial charge is 0.186 e. The summed E-state index contributed by atoms with van der Waals surface area (Å²) in [4.78, 5) is 20.2. The Morgan fingerprint density at radius 2 is 1.90 bits per heavy atom. The minimum Gasteiger partial charge on any atom is -0.372 e. The molecule has 0 N–H and O–H groups in total. The largest absolute Gasteiger partial charge is 0.372 e. The monoisotopic (exact) mass is 294 g/mol. The lowest BCUT2D eigenvalue weighted by molar-refractivity contribution is -0.00524. The Kier molecular flexibility index (Phi) is 3.37. The van der Waals surface area contributed by atoms with E-state index >= 15 is 0 Å².